The van der Waals surface area contributed by atoms with Crippen molar-refractivity contribution in [2.24, 2.45) is 16.8 Å². The number of rotatable bonds is 11. The van der Waals surface area contributed by atoms with E-state index in [1.807, 2.05) is 31.2 Å². The molecule has 1 amide bonds. The lowest BCUT2D eigenvalue weighted by Gasteiger charge is -2.24. The molecule has 156 valence electrons. The molecule has 6 nitrogen and oxygen atoms in total. The Morgan fingerprint density at radius 1 is 1.25 bits per heavy atom. The molecule has 2 rings (SSSR count). The Morgan fingerprint density at radius 2 is 2.07 bits per heavy atom. The molecule has 1 saturated carbocycles. The highest BCUT2D eigenvalue weighted by molar-refractivity contribution is 5.93. The Bertz CT molecular complexity index is 623. The number of hydrogen-bond donors (Lipinski definition) is 4. The van der Waals surface area contributed by atoms with Gasteiger partial charge in [-0.15, -0.1) is 0 Å². The fourth-order valence-electron chi connectivity index (χ4n) is 3.35. The van der Waals surface area contributed by atoms with E-state index in [1.54, 1.807) is 0 Å². The molecule has 0 spiro atoms. The van der Waals surface area contributed by atoms with Crippen LogP contribution in [0, 0.1) is 11.8 Å². The molecule has 0 heterocycles. The van der Waals surface area contributed by atoms with E-state index in [1.165, 1.54) is 0 Å². The number of aliphatic hydroxyl groups excluding tert-OH is 1. The SMILES string of the molecule is CCCC(CCO)CNC(=NCc1cccc(NC(=O)C2CCC2)c1)NCC. The smallest absolute Gasteiger partial charge is 0.227 e. The third-order valence-corrected chi connectivity index (χ3v) is 5.23. The molecule has 0 aliphatic heterocycles. The summed E-state index contributed by atoms with van der Waals surface area (Å²) in [6.45, 7) is 6.57. The van der Waals surface area contributed by atoms with E-state index >= 15 is 0 Å². The van der Waals surface area contributed by atoms with Crippen molar-refractivity contribution in [3.63, 3.8) is 0 Å². The van der Waals surface area contributed by atoms with E-state index in [9.17, 15) is 9.90 Å². The fraction of sp³-hybridized carbons (Fsp3) is 0.636. The second-order valence-electron chi connectivity index (χ2n) is 7.56. The highest BCUT2D eigenvalue weighted by Gasteiger charge is 2.25. The van der Waals surface area contributed by atoms with Gasteiger partial charge in [0.15, 0.2) is 5.96 Å². The lowest BCUT2D eigenvalue weighted by atomic mass is 9.85. The van der Waals surface area contributed by atoms with E-state index in [0.717, 1.165) is 68.8 Å². The van der Waals surface area contributed by atoms with Crippen LogP contribution in [0.1, 0.15) is 57.9 Å². The van der Waals surface area contributed by atoms with Crippen LogP contribution in [0.15, 0.2) is 29.3 Å². The molecule has 1 atom stereocenters. The van der Waals surface area contributed by atoms with Gasteiger partial charge in [-0.25, -0.2) is 4.99 Å². The van der Waals surface area contributed by atoms with Crippen LogP contribution in [0.25, 0.3) is 0 Å². The second-order valence-corrected chi connectivity index (χ2v) is 7.56. The number of nitrogens with zero attached hydrogens (tertiary/aromatic N) is 1. The van der Waals surface area contributed by atoms with Crippen molar-refractivity contribution in [3.8, 4) is 0 Å². The number of benzene rings is 1. The number of nitrogens with one attached hydrogen (secondary N) is 3. The Kier molecular flexibility index (Phi) is 9.83. The number of aliphatic imine (C=N–C) groups is 1. The van der Waals surface area contributed by atoms with Crippen LogP contribution in [-0.2, 0) is 11.3 Å². The minimum Gasteiger partial charge on any atom is -0.396 e. The predicted molar refractivity (Wildman–Crippen MR) is 115 cm³/mol. The molecular formula is C22H36N4O2. The molecule has 1 fully saturated rings. The standard InChI is InChI=1S/C22H36N4O2/c1-3-7-17(12-13-27)15-24-22(23-4-2)25-16-18-8-5-11-20(14-18)26-21(28)19-9-6-10-19/h5,8,11,14,17,19,27H,3-4,6-7,9-10,12-13,15-16H2,1-2H3,(H,26,28)(H2,23,24,25). The van der Waals surface area contributed by atoms with Crippen molar-refractivity contribution < 1.29 is 9.90 Å². The van der Waals surface area contributed by atoms with Gasteiger partial charge in [-0.3, -0.25) is 4.79 Å². The van der Waals surface area contributed by atoms with Crippen molar-refractivity contribution in [2.45, 2.75) is 58.9 Å². The second kappa shape index (κ2) is 12.4. The van der Waals surface area contributed by atoms with Crippen LogP contribution < -0.4 is 16.0 Å². The summed E-state index contributed by atoms with van der Waals surface area (Å²) in [7, 11) is 0. The van der Waals surface area contributed by atoms with E-state index in [4.69, 9.17) is 0 Å². The highest BCUT2D eigenvalue weighted by Crippen LogP contribution is 2.27. The number of carbonyl (C=O) groups excluding carboxylic acids is 1. The van der Waals surface area contributed by atoms with Crippen LogP contribution >= 0.6 is 0 Å². The number of guanidine groups is 1. The quantitative estimate of drug-likeness (QED) is 0.346. The number of hydrogen-bond acceptors (Lipinski definition) is 3. The summed E-state index contributed by atoms with van der Waals surface area (Å²) in [6.07, 6.45) is 6.17. The molecule has 4 N–H and O–H groups in total. The van der Waals surface area contributed by atoms with Gasteiger partial charge in [0.25, 0.3) is 0 Å². The number of carbonyl (C=O) groups is 1. The number of amides is 1. The largest absolute Gasteiger partial charge is 0.396 e. The summed E-state index contributed by atoms with van der Waals surface area (Å²) in [6, 6.07) is 7.91. The molecule has 1 unspecified atom stereocenters. The fourth-order valence-corrected chi connectivity index (χ4v) is 3.35. The summed E-state index contributed by atoms with van der Waals surface area (Å²) in [5.41, 5.74) is 1.90. The average molecular weight is 389 g/mol. The molecule has 6 heteroatoms. The predicted octanol–water partition coefficient (Wildman–Crippen LogP) is 3.28. The first-order valence-corrected chi connectivity index (χ1v) is 10.7. The van der Waals surface area contributed by atoms with Gasteiger partial charge in [0, 0.05) is 31.3 Å². The van der Waals surface area contributed by atoms with Gasteiger partial charge in [0.05, 0.1) is 6.54 Å². The lowest BCUT2D eigenvalue weighted by molar-refractivity contribution is -0.122. The van der Waals surface area contributed by atoms with Gasteiger partial charge in [-0.2, -0.15) is 0 Å². The summed E-state index contributed by atoms with van der Waals surface area (Å²) in [5, 5.41) is 18.9. The topological polar surface area (TPSA) is 85.8 Å². The third kappa shape index (κ3) is 7.50. The van der Waals surface area contributed by atoms with Gasteiger partial charge in [0.1, 0.15) is 0 Å². The van der Waals surface area contributed by atoms with Gasteiger partial charge in [-0.05, 0) is 56.2 Å². The Hall–Kier alpha value is -2.08. The van der Waals surface area contributed by atoms with Crippen LogP contribution in [0.3, 0.4) is 0 Å². The van der Waals surface area contributed by atoms with Gasteiger partial charge >= 0.3 is 0 Å². The van der Waals surface area contributed by atoms with Crippen LogP contribution in [0.4, 0.5) is 5.69 Å². The maximum atomic E-state index is 12.1. The zero-order valence-corrected chi connectivity index (χ0v) is 17.3. The summed E-state index contributed by atoms with van der Waals surface area (Å²) in [5.74, 6) is 1.54. The molecule has 0 saturated heterocycles. The van der Waals surface area contributed by atoms with Gasteiger partial charge < -0.3 is 21.1 Å². The van der Waals surface area contributed by atoms with E-state index in [2.05, 4.69) is 27.9 Å². The van der Waals surface area contributed by atoms with E-state index < -0.39 is 0 Å². The Morgan fingerprint density at radius 3 is 2.71 bits per heavy atom. The minimum absolute atomic E-state index is 0.132. The van der Waals surface area contributed by atoms with Crippen LogP contribution in [0.2, 0.25) is 0 Å². The summed E-state index contributed by atoms with van der Waals surface area (Å²) < 4.78 is 0. The molecule has 28 heavy (non-hydrogen) atoms. The normalized spacial score (nSPS) is 15.6. The number of aliphatic hydroxyl groups is 1. The monoisotopic (exact) mass is 388 g/mol. The molecule has 0 bridgehead atoms. The molecule has 0 radical (unpaired) electrons. The van der Waals surface area contributed by atoms with E-state index in [-0.39, 0.29) is 18.4 Å². The molecule has 1 aliphatic rings. The zero-order valence-electron chi connectivity index (χ0n) is 17.3. The van der Waals surface area contributed by atoms with Crippen molar-refractivity contribution in [1.82, 2.24) is 10.6 Å². The first kappa shape index (κ1) is 22.2. The molecule has 1 aromatic carbocycles. The summed E-state index contributed by atoms with van der Waals surface area (Å²) in [4.78, 5) is 16.8. The van der Waals surface area contributed by atoms with Crippen molar-refractivity contribution in [1.29, 1.82) is 0 Å². The summed E-state index contributed by atoms with van der Waals surface area (Å²) >= 11 is 0. The highest BCUT2D eigenvalue weighted by atomic mass is 16.3. The third-order valence-electron chi connectivity index (χ3n) is 5.23. The molecular weight excluding hydrogens is 352 g/mol. The molecule has 1 aliphatic carbocycles. The maximum absolute atomic E-state index is 12.1. The van der Waals surface area contributed by atoms with Gasteiger partial charge in [-0.1, -0.05) is 31.9 Å². The first-order valence-electron chi connectivity index (χ1n) is 10.7. The molecule has 0 aromatic heterocycles. The van der Waals surface area contributed by atoms with Crippen molar-refractivity contribution in [2.75, 3.05) is 25.0 Å². The van der Waals surface area contributed by atoms with Gasteiger partial charge in [0.2, 0.25) is 5.91 Å². The zero-order chi connectivity index (χ0) is 20.2. The first-order chi connectivity index (χ1) is 13.7. The van der Waals surface area contributed by atoms with Crippen LogP contribution in [0.5, 0.6) is 0 Å². The Labute approximate surface area is 169 Å². The Balaban J connectivity index is 1.91. The van der Waals surface area contributed by atoms with Crippen LogP contribution in [-0.4, -0.2) is 36.7 Å². The van der Waals surface area contributed by atoms with E-state index in [0.29, 0.717) is 12.5 Å². The molecule has 1 aromatic rings. The minimum atomic E-state index is 0.132. The number of anilines is 1. The maximum Gasteiger partial charge on any atom is 0.227 e. The van der Waals surface area contributed by atoms with Crippen molar-refractivity contribution in [3.05, 3.63) is 29.8 Å². The van der Waals surface area contributed by atoms with Crippen molar-refractivity contribution >= 4 is 17.6 Å². The lowest BCUT2D eigenvalue weighted by Crippen LogP contribution is -2.40. The average Bonchev–Trinajstić information content (AvgIpc) is 2.63.